The lowest BCUT2D eigenvalue weighted by Gasteiger charge is -2.07. The summed E-state index contributed by atoms with van der Waals surface area (Å²) in [6.07, 6.45) is 0.684. The lowest BCUT2D eigenvalue weighted by molar-refractivity contribution is -0.114. The van der Waals surface area contributed by atoms with E-state index < -0.39 is 19.7 Å². The van der Waals surface area contributed by atoms with Gasteiger partial charge in [0.1, 0.15) is 12.0 Å². The summed E-state index contributed by atoms with van der Waals surface area (Å²) >= 11 is 5.81. The summed E-state index contributed by atoms with van der Waals surface area (Å²) in [7, 11) is -4.37. The van der Waals surface area contributed by atoms with Crippen molar-refractivity contribution in [3.8, 4) is 11.1 Å². The molecule has 21 heavy (non-hydrogen) atoms. The van der Waals surface area contributed by atoms with Crippen molar-refractivity contribution in [3.63, 3.8) is 0 Å². The molecule has 1 aromatic carbocycles. The SMILES string of the molecule is O=C(CP(=O)(O)O)Nc1ccc(-c2ccc(Cl)cc2)cn1. The second-order valence-corrected chi connectivity index (χ2v) is 6.39. The van der Waals surface area contributed by atoms with Crippen LogP contribution < -0.4 is 5.32 Å². The molecule has 0 atom stereocenters. The van der Waals surface area contributed by atoms with E-state index in [-0.39, 0.29) is 5.82 Å². The number of carbonyl (C=O) groups excluding carboxylic acids is 1. The van der Waals surface area contributed by atoms with Gasteiger partial charge in [-0.05, 0) is 29.8 Å². The summed E-state index contributed by atoms with van der Waals surface area (Å²) in [5, 5.41) is 2.96. The van der Waals surface area contributed by atoms with Gasteiger partial charge < -0.3 is 15.1 Å². The summed E-state index contributed by atoms with van der Waals surface area (Å²) in [5.41, 5.74) is 1.75. The Bertz CT molecular complexity index is 682. The number of anilines is 1. The van der Waals surface area contributed by atoms with Crippen molar-refractivity contribution >= 4 is 30.9 Å². The third kappa shape index (κ3) is 4.95. The van der Waals surface area contributed by atoms with Crippen LogP contribution in [-0.4, -0.2) is 26.8 Å². The highest BCUT2D eigenvalue weighted by Crippen LogP contribution is 2.33. The first kappa shape index (κ1) is 15.7. The minimum absolute atomic E-state index is 0.228. The Morgan fingerprint density at radius 1 is 1.14 bits per heavy atom. The Kier molecular flexibility index (Phi) is 4.75. The number of carbonyl (C=O) groups is 1. The molecule has 0 aliphatic rings. The molecule has 1 heterocycles. The Balaban J connectivity index is 2.07. The standard InChI is InChI=1S/C13H12ClN2O4P/c14-11-4-1-9(2-5-11)10-3-6-12(15-7-10)16-13(17)8-21(18,19)20/h1-7H,8H2,(H,15,16,17)(H2,18,19,20). The molecule has 8 heteroatoms. The summed E-state index contributed by atoms with van der Waals surface area (Å²) < 4.78 is 10.7. The highest BCUT2D eigenvalue weighted by molar-refractivity contribution is 7.52. The van der Waals surface area contributed by atoms with Crippen molar-refractivity contribution in [2.45, 2.75) is 0 Å². The quantitative estimate of drug-likeness (QED) is 0.750. The highest BCUT2D eigenvalue weighted by Gasteiger charge is 2.19. The summed E-state index contributed by atoms with van der Waals surface area (Å²) in [6.45, 7) is 0. The predicted octanol–water partition coefficient (Wildman–Crippen LogP) is 2.52. The van der Waals surface area contributed by atoms with Crippen LogP contribution in [0, 0.1) is 0 Å². The maximum absolute atomic E-state index is 11.4. The molecule has 1 amide bonds. The van der Waals surface area contributed by atoms with Crippen LogP contribution in [0.5, 0.6) is 0 Å². The van der Waals surface area contributed by atoms with E-state index in [1.54, 1.807) is 30.5 Å². The van der Waals surface area contributed by atoms with Crippen molar-refractivity contribution in [2.24, 2.45) is 0 Å². The topological polar surface area (TPSA) is 99.5 Å². The molecule has 0 saturated heterocycles. The third-order valence-corrected chi connectivity index (χ3v) is 3.51. The highest BCUT2D eigenvalue weighted by atomic mass is 35.5. The zero-order chi connectivity index (χ0) is 15.5. The fraction of sp³-hybridized carbons (Fsp3) is 0.0769. The fourth-order valence-electron chi connectivity index (χ4n) is 1.65. The monoisotopic (exact) mass is 326 g/mol. The molecular formula is C13H12ClN2O4P. The second-order valence-electron chi connectivity index (χ2n) is 4.31. The molecular weight excluding hydrogens is 315 g/mol. The first-order valence-electron chi connectivity index (χ1n) is 5.90. The van der Waals surface area contributed by atoms with Gasteiger partial charge in [-0.15, -0.1) is 0 Å². The molecule has 0 aliphatic heterocycles. The van der Waals surface area contributed by atoms with Crippen LogP contribution in [0.15, 0.2) is 42.6 Å². The lowest BCUT2D eigenvalue weighted by atomic mass is 10.1. The Labute approximate surface area is 126 Å². The minimum Gasteiger partial charge on any atom is -0.324 e. The van der Waals surface area contributed by atoms with Crippen LogP contribution in [0.25, 0.3) is 11.1 Å². The van der Waals surface area contributed by atoms with Crippen LogP contribution in [0.3, 0.4) is 0 Å². The molecule has 0 spiro atoms. The van der Waals surface area contributed by atoms with E-state index in [4.69, 9.17) is 21.4 Å². The number of hydrogen-bond donors (Lipinski definition) is 3. The van der Waals surface area contributed by atoms with Crippen LogP contribution >= 0.6 is 19.2 Å². The van der Waals surface area contributed by atoms with E-state index in [1.807, 2.05) is 12.1 Å². The van der Waals surface area contributed by atoms with Crippen LogP contribution in [0.4, 0.5) is 5.82 Å². The van der Waals surface area contributed by atoms with Gasteiger partial charge >= 0.3 is 7.60 Å². The van der Waals surface area contributed by atoms with Gasteiger partial charge in [0.2, 0.25) is 5.91 Å². The Hall–Kier alpha value is -1.72. The molecule has 0 radical (unpaired) electrons. The van der Waals surface area contributed by atoms with E-state index in [9.17, 15) is 9.36 Å². The molecule has 1 aromatic heterocycles. The molecule has 3 N–H and O–H groups in total. The smallest absolute Gasteiger partial charge is 0.324 e. The average Bonchev–Trinajstić information content (AvgIpc) is 2.38. The van der Waals surface area contributed by atoms with Gasteiger partial charge in [0.05, 0.1) is 0 Å². The molecule has 110 valence electrons. The van der Waals surface area contributed by atoms with Crippen molar-refractivity contribution in [1.29, 1.82) is 0 Å². The zero-order valence-corrected chi connectivity index (χ0v) is 12.4. The van der Waals surface area contributed by atoms with E-state index >= 15 is 0 Å². The first-order valence-corrected chi connectivity index (χ1v) is 8.07. The number of nitrogens with zero attached hydrogens (tertiary/aromatic N) is 1. The summed E-state index contributed by atoms with van der Waals surface area (Å²) in [5.74, 6) is -0.554. The number of amides is 1. The summed E-state index contributed by atoms with van der Waals surface area (Å²) in [6, 6.07) is 10.5. The van der Waals surface area contributed by atoms with Crippen molar-refractivity contribution in [3.05, 3.63) is 47.6 Å². The van der Waals surface area contributed by atoms with Crippen molar-refractivity contribution in [2.75, 3.05) is 11.5 Å². The van der Waals surface area contributed by atoms with Gasteiger partial charge in [-0.2, -0.15) is 0 Å². The molecule has 0 aliphatic carbocycles. The number of aromatic nitrogens is 1. The average molecular weight is 327 g/mol. The number of halogens is 1. The molecule has 0 bridgehead atoms. The third-order valence-electron chi connectivity index (χ3n) is 2.56. The van der Waals surface area contributed by atoms with Gasteiger partial charge in [-0.3, -0.25) is 9.36 Å². The normalized spacial score (nSPS) is 11.2. The summed E-state index contributed by atoms with van der Waals surface area (Å²) in [4.78, 5) is 32.8. The molecule has 6 nitrogen and oxygen atoms in total. The minimum atomic E-state index is -4.37. The Morgan fingerprint density at radius 3 is 2.29 bits per heavy atom. The van der Waals surface area contributed by atoms with E-state index in [2.05, 4.69) is 10.3 Å². The van der Waals surface area contributed by atoms with Gasteiger partial charge in [-0.1, -0.05) is 23.7 Å². The van der Waals surface area contributed by atoms with Crippen LogP contribution in [0.2, 0.25) is 5.02 Å². The molecule has 0 unspecified atom stereocenters. The zero-order valence-electron chi connectivity index (χ0n) is 10.7. The lowest BCUT2D eigenvalue weighted by Crippen LogP contribution is -2.16. The largest absolute Gasteiger partial charge is 0.334 e. The Morgan fingerprint density at radius 2 is 1.76 bits per heavy atom. The number of nitrogens with one attached hydrogen (secondary N) is 1. The van der Waals surface area contributed by atoms with E-state index in [0.717, 1.165) is 11.1 Å². The number of pyridine rings is 1. The molecule has 0 fully saturated rings. The second kappa shape index (κ2) is 6.37. The van der Waals surface area contributed by atoms with E-state index in [1.165, 1.54) is 0 Å². The van der Waals surface area contributed by atoms with Crippen molar-refractivity contribution in [1.82, 2.24) is 4.98 Å². The first-order chi connectivity index (χ1) is 9.83. The maximum Gasteiger partial charge on any atom is 0.334 e. The number of rotatable bonds is 4. The molecule has 2 rings (SSSR count). The van der Waals surface area contributed by atoms with Crippen molar-refractivity contribution < 1.29 is 19.1 Å². The van der Waals surface area contributed by atoms with Gasteiger partial charge in [0.25, 0.3) is 0 Å². The molecule has 0 saturated carbocycles. The number of hydrogen-bond acceptors (Lipinski definition) is 3. The van der Waals surface area contributed by atoms with Gasteiger partial charge in [0, 0.05) is 16.8 Å². The van der Waals surface area contributed by atoms with Crippen LogP contribution in [-0.2, 0) is 9.36 Å². The predicted molar refractivity (Wildman–Crippen MR) is 80.2 cm³/mol. The van der Waals surface area contributed by atoms with Gasteiger partial charge in [0.15, 0.2) is 0 Å². The van der Waals surface area contributed by atoms with E-state index in [0.29, 0.717) is 5.02 Å². The fourth-order valence-corrected chi connectivity index (χ4v) is 2.23. The molecule has 2 aromatic rings. The number of benzene rings is 1. The maximum atomic E-state index is 11.4. The van der Waals surface area contributed by atoms with Gasteiger partial charge in [-0.25, -0.2) is 4.98 Å². The van der Waals surface area contributed by atoms with Crippen LogP contribution in [0.1, 0.15) is 0 Å².